The summed E-state index contributed by atoms with van der Waals surface area (Å²) in [7, 11) is 0. The van der Waals surface area contributed by atoms with Crippen molar-refractivity contribution in [2.75, 3.05) is 5.88 Å². The highest BCUT2D eigenvalue weighted by molar-refractivity contribution is 6.18. The fourth-order valence-electron chi connectivity index (χ4n) is 3.72. The zero-order valence-electron chi connectivity index (χ0n) is 11.1. The third-order valence-electron chi connectivity index (χ3n) is 5.32. The molecule has 0 spiro atoms. The van der Waals surface area contributed by atoms with Crippen molar-refractivity contribution in [3.63, 3.8) is 0 Å². The molecule has 0 N–H and O–H groups in total. The first kappa shape index (κ1) is 14.2. The van der Waals surface area contributed by atoms with E-state index in [4.69, 9.17) is 11.6 Å². The van der Waals surface area contributed by atoms with Gasteiger partial charge in [0.25, 0.3) is 0 Å². The Kier molecular flexibility index (Phi) is 3.27. The largest absolute Gasteiger partial charge is 0.417 e. The molecule has 3 saturated carbocycles. The number of halogens is 4. The minimum absolute atomic E-state index is 0.0159. The van der Waals surface area contributed by atoms with Crippen LogP contribution in [0.5, 0.6) is 0 Å². The van der Waals surface area contributed by atoms with E-state index in [1.165, 1.54) is 0 Å². The molecular weight excluding hydrogens is 287 g/mol. The van der Waals surface area contributed by atoms with Gasteiger partial charge in [0, 0.05) is 23.2 Å². The Balaban J connectivity index is 1.84. The van der Waals surface area contributed by atoms with Crippen LogP contribution in [-0.2, 0) is 11.6 Å². The highest BCUT2D eigenvalue weighted by Gasteiger charge is 2.49. The van der Waals surface area contributed by atoms with E-state index in [1.54, 1.807) is 6.07 Å². The van der Waals surface area contributed by atoms with Crippen molar-refractivity contribution in [2.45, 2.75) is 50.1 Å². The van der Waals surface area contributed by atoms with Crippen molar-refractivity contribution >= 4 is 11.6 Å². The second kappa shape index (κ2) is 4.62. The van der Waals surface area contributed by atoms with E-state index in [0.717, 1.165) is 56.5 Å². The molecule has 1 nitrogen and oxygen atoms in total. The van der Waals surface area contributed by atoms with Gasteiger partial charge in [0.05, 0.1) is 5.56 Å². The van der Waals surface area contributed by atoms with Gasteiger partial charge in [-0.2, -0.15) is 13.2 Å². The van der Waals surface area contributed by atoms with Crippen LogP contribution in [0.15, 0.2) is 18.3 Å². The van der Waals surface area contributed by atoms with Gasteiger partial charge in [-0.1, -0.05) is 0 Å². The molecule has 4 rings (SSSR count). The number of pyridine rings is 1. The van der Waals surface area contributed by atoms with Crippen LogP contribution in [0.4, 0.5) is 13.2 Å². The summed E-state index contributed by atoms with van der Waals surface area (Å²) < 4.78 is 37.8. The molecule has 3 aliphatic rings. The summed E-state index contributed by atoms with van der Waals surface area (Å²) in [5.74, 6) is 0.698. The zero-order valence-corrected chi connectivity index (χ0v) is 11.9. The number of rotatable bonds is 2. The van der Waals surface area contributed by atoms with Crippen molar-refractivity contribution < 1.29 is 13.2 Å². The zero-order chi connectivity index (χ0) is 14.4. The van der Waals surface area contributed by atoms with E-state index in [1.807, 2.05) is 0 Å². The first-order valence-electron chi connectivity index (χ1n) is 6.99. The predicted molar refractivity (Wildman–Crippen MR) is 71.8 cm³/mol. The summed E-state index contributed by atoms with van der Waals surface area (Å²) in [5, 5.41) is 0. The molecule has 1 heterocycles. The Morgan fingerprint density at radius 2 is 1.65 bits per heavy atom. The van der Waals surface area contributed by atoms with Gasteiger partial charge in [0.15, 0.2) is 0 Å². The number of fused-ring (bicyclic) bond motifs is 3. The third-order valence-corrected chi connectivity index (χ3v) is 5.89. The number of aromatic nitrogens is 1. The van der Waals surface area contributed by atoms with E-state index < -0.39 is 11.7 Å². The number of hydrogen-bond donors (Lipinski definition) is 0. The first-order valence-corrected chi connectivity index (χ1v) is 7.52. The van der Waals surface area contributed by atoms with Crippen LogP contribution in [-0.4, -0.2) is 10.9 Å². The summed E-state index contributed by atoms with van der Waals surface area (Å²) in [5.41, 5.74) is 0.417. The molecule has 0 saturated heterocycles. The van der Waals surface area contributed by atoms with Gasteiger partial charge in [-0.05, 0) is 56.1 Å². The number of hydrogen-bond acceptors (Lipinski definition) is 1. The molecule has 110 valence electrons. The molecular formula is C15H17ClF3N. The lowest BCUT2D eigenvalue weighted by molar-refractivity contribution is -0.137. The first-order chi connectivity index (χ1) is 9.39. The summed E-state index contributed by atoms with van der Waals surface area (Å²) in [6, 6.07) is 2.73. The van der Waals surface area contributed by atoms with Crippen molar-refractivity contribution in [1.82, 2.24) is 4.98 Å². The topological polar surface area (TPSA) is 12.9 Å². The molecule has 3 fully saturated rings. The molecule has 2 bridgehead atoms. The molecule has 0 unspecified atom stereocenters. The summed E-state index contributed by atoms with van der Waals surface area (Å²) in [6.07, 6.45) is 2.87. The van der Waals surface area contributed by atoms with E-state index in [2.05, 4.69) is 4.98 Å². The van der Waals surface area contributed by atoms with Gasteiger partial charge in [-0.3, -0.25) is 4.98 Å². The van der Waals surface area contributed by atoms with Crippen LogP contribution in [0.2, 0.25) is 0 Å². The molecule has 3 aliphatic carbocycles. The van der Waals surface area contributed by atoms with E-state index >= 15 is 0 Å². The van der Waals surface area contributed by atoms with Crippen LogP contribution in [0.3, 0.4) is 0 Å². The van der Waals surface area contributed by atoms with Crippen LogP contribution in [0, 0.1) is 5.41 Å². The molecule has 1 aromatic heterocycles. The average molecular weight is 304 g/mol. The van der Waals surface area contributed by atoms with Crippen molar-refractivity contribution in [1.29, 1.82) is 0 Å². The standard InChI is InChI=1S/C15H17ClF3N/c16-10-13-3-6-14(7-4-13,8-5-13)12-2-1-11(9-20-12)15(17,18)19/h1-2,9H,3-8,10H2. The minimum atomic E-state index is -4.31. The third kappa shape index (κ3) is 2.22. The molecule has 0 aromatic carbocycles. The summed E-state index contributed by atoms with van der Waals surface area (Å²) >= 11 is 6.08. The average Bonchev–Trinajstić information content (AvgIpc) is 2.48. The molecule has 0 amide bonds. The quantitative estimate of drug-likeness (QED) is 0.706. The van der Waals surface area contributed by atoms with Crippen LogP contribution in [0.25, 0.3) is 0 Å². The fraction of sp³-hybridized carbons (Fsp3) is 0.667. The molecule has 0 radical (unpaired) electrons. The van der Waals surface area contributed by atoms with E-state index in [9.17, 15) is 13.2 Å². The molecule has 20 heavy (non-hydrogen) atoms. The monoisotopic (exact) mass is 303 g/mol. The van der Waals surface area contributed by atoms with Gasteiger partial charge in [0.2, 0.25) is 0 Å². The van der Waals surface area contributed by atoms with Crippen molar-refractivity contribution in [2.24, 2.45) is 5.41 Å². The minimum Gasteiger partial charge on any atom is -0.260 e. The van der Waals surface area contributed by atoms with Crippen LogP contribution in [0.1, 0.15) is 49.8 Å². The Morgan fingerprint density at radius 3 is 2.05 bits per heavy atom. The lowest BCUT2D eigenvalue weighted by Crippen LogP contribution is -2.45. The highest BCUT2D eigenvalue weighted by Crippen LogP contribution is 2.57. The smallest absolute Gasteiger partial charge is 0.260 e. The van der Waals surface area contributed by atoms with Crippen LogP contribution >= 0.6 is 11.6 Å². The SMILES string of the molecule is FC(F)(F)c1ccc(C23CCC(CCl)(CC2)CC3)nc1. The highest BCUT2D eigenvalue weighted by atomic mass is 35.5. The van der Waals surface area contributed by atoms with Gasteiger partial charge >= 0.3 is 6.18 Å². The second-order valence-corrected chi connectivity index (χ2v) is 6.61. The molecule has 5 heteroatoms. The van der Waals surface area contributed by atoms with Crippen molar-refractivity contribution in [3.05, 3.63) is 29.6 Å². The second-order valence-electron chi connectivity index (χ2n) is 6.34. The maximum absolute atomic E-state index is 12.6. The predicted octanol–water partition coefficient (Wildman–Crippen LogP) is 4.93. The Hall–Kier alpha value is -0.770. The van der Waals surface area contributed by atoms with Crippen LogP contribution < -0.4 is 0 Å². The summed E-state index contributed by atoms with van der Waals surface area (Å²) in [4.78, 5) is 4.13. The number of alkyl halides is 4. The molecule has 0 aliphatic heterocycles. The number of nitrogens with zero attached hydrogens (tertiary/aromatic N) is 1. The van der Waals surface area contributed by atoms with Gasteiger partial charge in [0.1, 0.15) is 0 Å². The van der Waals surface area contributed by atoms with E-state index in [-0.39, 0.29) is 10.8 Å². The van der Waals surface area contributed by atoms with Crippen molar-refractivity contribution in [3.8, 4) is 0 Å². The Morgan fingerprint density at radius 1 is 1.05 bits per heavy atom. The van der Waals surface area contributed by atoms with Gasteiger partial charge < -0.3 is 0 Å². The maximum atomic E-state index is 12.6. The fourth-order valence-corrected chi connectivity index (χ4v) is 4.12. The Bertz CT molecular complexity index is 470. The molecule has 0 atom stereocenters. The normalized spacial score (nSPS) is 33.4. The lowest BCUT2D eigenvalue weighted by atomic mass is 9.53. The van der Waals surface area contributed by atoms with E-state index in [0.29, 0.717) is 5.88 Å². The van der Waals surface area contributed by atoms with Gasteiger partial charge in [-0.15, -0.1) is 11.6 Å². The maximum Gasteiger partial charge on any atom is 0.417 e. The Labute approximate surface area is 121 Å². The lowest BCUT2D eigenvalue weighted by Gasteiger charge is -2.52. The summed E-state index contributed by atoms with van der Waals surface area (Å²) in [6.45, 7) is 0. The van der Waals surface area contributed by atoms with Gasteiger partial charge in [-0.25, -0.2) is 0 Å². The molecule has 1 aromatic rings.